The van der Waals surface area contributed by atoms with Gasteiger partial charge in [-0.15, -0.1) is 0 Å². The van der Waals surface area contributed by atoms with Crippen molar-refractivity contribution in [2.75, 3.05) is 18.7 Å². The molecule has 0 spiro atoms. The van der Waals surface area contributed by atoms with E-state index in [1.165, 1.54) is 12.8 Å². The molecule has 0 radical (unpaired) electrons. The van der Waals surface area contributed by atoms with Gasteiger partial charge in [0.2, 0.25) is 12.7 Å². The number of carbonyl (C=O) groups excluding carboxylic acids is 2. The van der Waals surface area contributed by atoms with E-state index in [2.05, 4.69) is 22.5 Å². The Morgan fingerprint density at radius 3 is 2.68 bits per heavy atom. The van der Waals surface area contributed by atoms with Gasteiger partial charge in [0, 0.05) is 23.8 Å². The molecule has 7 heteroatoms. The van der Waals surface area contributed by atoms with Gasteiger partial charge in [0.15, 0.2) is 11.5 Å². The molecule has 2 N–H and O–H groups in total. The highest BCUT2D eigenvalue weighted by atomic mass is 16.7. The SMILES string of the molecule is CC(C1CC1)N(CC(=O)NC(=O)Nc1ccc2c(c1)OCO2)C1CC1. The summed E-state index contributed by atoms with van der Waals surface area (Å²) in [5, 5.41) is 5.08. The van der Waals surface area contributed by atoms with Crippen molar-refractivity contribution >= 4 is 17.6 Å². The zero-order valence-electron chi connectivity index (χ0n) is 14.3. The van der Waals surface area contributed by atoms with E-state index >= 15 is 0 Å². The molecule has 25 heavy (non-hydrogen) atoms. The third-order valence-electron chi connectivity index (χ3n) is 5.05. The van der Waals surface area contributed by atoms with E-state index in [1.807, 2.05) is 0 Å². The van der Waals surface area contributed by atoms with Crippen molar-refractivity contribution in [3.63, 3.8) is 0 Å². The second-order valence-corrected chi connectivity index (χ2v) is 7.05. The monoisotopic (exact) mass is 345 g/mol. The maximum Gasteiger partial charge on any atom is 0.325 e. The largest absolute Gasteiger partial charge is 0.454 e. The molecule has 0 saturated heterocycles. The van der Waals surface area contributed by atoms with Crippen LogP contribution in [-0.4, -0.2) is 42.3 Å². The van der Waals surface area contributed by atoms with Crippen LogP contribution in [0.15, 0.2) is 18.2 Å². The summed E-state index contributed by atoms with van der Waals surface area (Å²) in [6.45, 7) is 2.65. The number of rotatable bonds is 6. The Bertz CT molecular complexity index is 685. The van der Waals surface area contributed by atoms with E-state index < -0.39 is 6.03 Å². The van der Waals surface area contributed by atoms with E-state index in [1.54, 1.807) is 18.2 Å². The fourth-order valence-corrected chi connectivity index (χ4v) is 3.33. The molecule has 1 aromatic rings. The summed E-state index contributed by atoms with van der Waals surface area (Å²) >= 11 is 0. The molecule has 2 aliphatic carbocycles. The average Bonchev–Trinajstić information content (AvgIpc) is 3.48. The number of amides is 3. The van der Waals surface area contributed by atoms with Crippen LogP contribution in [0.3, 0.4) is 0 Å². The number of benzene rings is 1. The van der Waals surface area contributed by atoms with Crippen molar-refractivity contribution in [2.45, 2.75) is 44.7 Å². The molecule has 1 heterocycles. The molecule has 3 aliphatic rings. The lowest BCUT2D eigenvalue weighted by Crippen LogP contribution is -2.46. The molecule has 1 unspecified atom stereocenters. The minimum Gasteiger partial charge on any atom is -0.454 e. The average molecular weight is 345 g/mol. The van der Waals surface area contributed by atoms with Gasteiger partial charge in [-0.2, -0.15) is 0 Å². The van der Waals surface area contributed by atoms with Crippen LogP contribution in [0, 0.1) is 5.92 Å². The van der Waals surface area contributed by atoms with Gasteiger partial charge >= 0.3 is 6.03 Å². The normalized spacial score (nSPS) is 19.6. The molecule has 0 bridgehead atoms. The van der Waals surface area contributed by atoms with Gasteiger partial charge in [-0.1, -0.05) is 0 Å². The summed E-state index contributed by atoms with van der Waals surface area (Å²) in [5.74, 6) is 1.67. The molecule has 134 valence electrons. The van der Waals surface area contributed by atoms with Crippen LogP contribution in [0.5, 0.6) is 11.5 Å². The predicted octanol–water partition coefficient (Wildman–Crippen LogP) is 2.33. The van der Waals surface area contributed by atoms with Crippen molar-refractivity contribution in [3.8, 4) is 11.5 Å². The first kappa shape index (κ1) is 16.2. The molecule has 7 nitrogen and oxygen atoms in total. The number of ether oxygens (including phenoxy) is 2. The molecule has 1 aliphatic heterocycles. The van der Waals surface area contributed by atoms with E-state index in [0.29, 0.717) is 35.2 Å². The third kappa shape index (κ3) is 3.87. The van der Waals surface area contributed by atoms with Crippen molar-refractivity contribution in [2.24, 2.45) is 5.92 Å². The Balaban J connectivity index is 1.30. The number of hydrogen-bond acceptors (Lipinski definition) is 5. The fraction of sp³-hybridized carbons (Fsp3) is 0.556. The van der Waals surface area contributed by atoms with E-state index in [-0.39, 0.29) is 19.2 Å². The lowest BCUT2D eigenvalue weighted by atomic mass is 10.1. The predicted molar refractivity (Wildman–Crippen MR) is 91.6 cm³/mol. The first-order valence-electron chi connectivity index (χ1n) is 8.86. The molecule has 1 atom stereocenters. The zero-order chi connectivity index (χ0) is 17.4. The quantitative estimate of drug-likeness (QED) is 0.827. The van der Waals surface area contributed by atoms with Crippen molar-refractivity contribution in [1.29, 1.82) is 0 Å². The molecular formula is C18H23N3O4. The molecule has 2 fully saturated rings. The minimum absolute atomic E-state index is 0.180. The standard InChI is InChI=1S/C18H23N3O4/c1-11(12-2-3-12)21(14-5-6-14)9-17(22)20-18(23)19-13-4-7-15-16(8-13)25-10-24-15/h4,7-8,11-12,14H,2-3,5-6,9-10H2,1H3,(H2,19,20,22,23). The lowest BCUT2D eigenvalue weighted by molar-refractivity contribution is -0.121. The number of carbonyl (C=O) groups is 2. The van der Waals surface area contributed by atoms with E-state index in [0.717, 1.165) is 12.8 Å². The summed E-state index contributed by atoms with van der Waals surface area (Å²) in [4.78, 5) is 26.6. The number of fused-ring (bicyclic) bond motifs is 1. The summed E-state index contributed by atoms with van der Waals surface area (Å²) in [6, 6.07) is 5.50. The Morgan fingerprint density at radius 1 is 1.20 bits per heavy atom. The van der Waals surface area contributed by atoms with Crippen LogP contribution in [-0.2, 0) is 4.79 Å². The van der Waals surface area contributed by atoms with Gasteiger partial charge in [0.05, 0.1) is 6.54 Å². The van der Waals surface area contributed by atoms with Crippen LogP contribution in [0.4, 0.5) is 10.5 Å². The number of urea groups is 1. The van der Waals surface area contributed by atoms with Gasteiger partial charge in [0.1, 0.15) is 0 Å². The second-order valence-electron chi connectivity index (χ2n) is 7.05. The van der Waals surface area contributed by atoms with Crippen LogP contribution in [0.2, 0.25) is 0 Å². The highest BCUT2D eigenvalue weighted by Gasteiger charge is 2.39. The number of anilines is 1. The van der Waals surface area contributed by atoms with Gasteiger partial charge in [-0.3, -0.25) is 15.0 Å². The molecule has 3 amide bonds. The van der Waals surface area contributed by atoms with Gasteiger partial charge in [0.25, 0.3) is 0 Å². The van der Waals surface area contributed by atoms with Gasteiger partial charge < -0.3 is 14.8 Å². The van der Waals surface area contributed by atoms with Crippen molar-refractivity contribution in [3.05, 3.63) is 18.2 Å². The first-order chi connectivity index (χ1) is 12.1. The van der Waals surface area contributed by atoms with Crippen LogP contribution >= 0.6 is 0 Å². The summed E-state index contributed by atoms with van der Waals surface area (Å²) < 4.78 is 10.5. The van der Waals surface area contributed by atoms with Crippen molar-refractivity contribution in [1.82, 2.24) is 10.2 Å². The maximum absolute atomic E-state index is 12.3. The van der Waals surface area contributed by atoms with Gasteiger partial charge in [-0.25, -0.2) is 4.79 Å². The molecule has 4 rings (SSSR count). The minimum atomic E-state index is -0.529. The first-order valence-corrected chi connectivity index (χ1v) is 8.86. The summed E-state index contributed by atoms with van der Waals surface area (Å²) in [6.07, 6.45) is 4.79. The van der Waals surface area contributed by atoms with Crippen LogP contribution in [0.25, 0.3) is 0 Å². The number of hydrogen-bond donors (Lipinski definition) is 2. The van der Waals surface area contributed by atoms with Crippen LogP contribution in [0.1, 0.15) is 32.6 Å². The Kier molecular flexibility index (Phi) is 4.25. The molecule has 2 saturated carbocycles. The van der Waals surface area contributed by atoms with Crippen LogP contribution < -0.4 is 20.1 Å². The Hall–Kier alpha value is -2.28. The Labute approximate surface area is 146 Å². The molecular weight excluding hydrogens is 322 g/mol. The topological polar surface area (TPSA) is 79.9 Å². The summed E-state index contributed by atoms with van der Waals surface area (Å²) in [7, 11) is 0. The highest BCUT2D eigenvalue weighted by Crippen LogP contribution is 2.39. The van der Waals surface area contributed by atoms with Gasteiger partial charge in [-0.05, 0) is 50.7 Å². The Morgan fingerprint density at radius 2 is 1.96 bits per heavy atom. The van der Waals surface area contributed by atoms with E-state index in [9.17, 15) is 9.59 Å². The zero-order valence-corrected chi connectivity index (χ0v) is 14.3. The van der Waals surface area contributed by atoms with E-state index in [4.69, 9.17) is 9.47 Å². The lowest BCUT2D eigenvalue weighted by Gasteiger charge is -2.28. The number of imide groups is 1. The maximum atomic E-state index is 12.3. The highest BCUT2D eigenvalue weighted by molar-refractivity contribution is 6.01. The summed E-state index contributed by atoms with van der Waals surface area (Å²) in [5.41, 5.74) is 0.556. The van der Waals surface area contributed by atoms with Crippen molar-refractivity contribution < 1.29 is 19.1 Å². The number of nitrogens with zero attached hydrogens (tertiary/aromatic N) is 1. The fourth-order valence-electron chi connectivity index (χ4n) is 3.33. The molecule has 1 aromatic carbocycles. The second kappa shape index (κ2) is 6.55. The third-order valence-corrected chi connectivity index (χ3v) is 5.05. The molecule has 0 aromatic heterocycles. The smallest absolute Gasteiger partial charge is 0.325 e. The number of nitrogens with one attached hydrogen (secondary N) is 2.